The molecule has 1 aliphatic rings. The number of nitrogens with one attached hydrogen (secondary N) is 1. The van der Waals surface area contributed by atoms with Crippen LogP contribution < -0.4 is 5.32 Å². The summed E-state index contributed by atoms with van der Waals surface area (Å²) in [5.41, 5.74) is 0. The highest BCUT2D eigenvalue weighted by Crippen LogP contribution is 2.24. The summed E-state index contributed by atoms with van der Waals surface area (Å²) in [5, 5.41) is 11.6. The van der Waals surface area contributed by atoms with Crippen molar-refractivity contribution in [1.82, 2.24) is 5.32 Å². The number of hydrogen-bond donors (Lipinski definition) is 2. The molecule has 1 heterocycles. The number of amides is 1. The molecule has 1 fully saturated rings. The summed E-state index contributed by atoms with van der Waals surface area (Å²) in [5.74, 6) is -2.05. The van der Waals surface area contributed by atoms with Crippen LogP contribution in [0.3, 0.4) is 0 Å². The molecule has 1 saturated heterocycles. The van der Waals surface area contributed by atoms with Crippen molar-refractivity contribution < 1.29 is 27.8 Å². The molecule has 4 nitrogen and oxygen atoms in total. The average molecular weight is 293 g/mol. The molecular weight excluding hydrogens is 275 g/mol. The van der Waals surface area contributed by atoms with E-state index < -0.39 is 30.3 Å². The minimum absolute atomic E-state index is 0.120. The molecule has 0 aliphatic carbocycles. The number of ether oxygens (including phenoxy) is 1. The lowest BCUT2D eigenvalue weighted by Gasteiger charge is -2.38. The van der Waals surface area contributed by atoms with Crippen LogP contribution >= 0.6 is 0 Å². The number of allylic oxidation sites excluding steroid dienone is 2. The number of carbonyl (C=O) groups is 1. The third kappa shape index (κ3) is 4.64. The van der Waals surface area contributed by atoms with Crippen LogP contribution in [0.5, 0.6) is 0 Å². The van der Waals surface area contributed by atoms with Gasteiger partial charge in [-0.1, -0.05) is 24.8 Å². The van der Waals surface area contributed by atoms with Gasteiger partial charge in [0.1, 0.15) is 6.10 Å². The first-order valence-corrected chi connectivity index (χ1v) is 6.24. The molecule has 7 heteroatoms. The van der Waals surface area contributed by atoms with E-state index in [1.807, 2.05) is 5.32 Å². The van der Waals surface area contributed by atoms with Gasteiger partial charge in [0.25, 0.3) is 0 Å². The second-order valence-electron chi connectivity index (χ2n) is 4.67. The van der Waals surface area contributed by atoms with E-state index >= 15 is 0 Å². The van der Waals surface area contributed by atoms with Gasteiger partial charge in [0, 0.05) is 0 Å². The van der Waals surface area contributed by atoms with E-state index in [0.717, 1.165) is 0 Å². The smallest absolute Gasteiger partial charge is 0.388 e. The maximum Gasteiger partial charge on any atom is 0.471 e. The second kappa shape index (κ2) is 6.90. The molecule has 0 unspecified atom stereocenters. The fraction of sp³-hybridized carbons (Fsp3) is 0.615. The first-order valence-electron chi connectivity index (χ1n) is 6.24. The number of rotatable bonds is 4. The Morgan fingerprint density at radius 3 is 2.75 bits per heavy atom. The molecule has 0 saturated carbocycles. The van der Waals surface area contributed by atoms with Crippen molar-refractivity contribution in [1.29, 1.82) is 0 Å². The zero-order chi connectivity index (χ0) is 15.3. The molecule has 114 valence electrons. The molecule has 0 aromatic carbocycles. The summed E-state index contributed by atoms with van der Waals surface area (Å²) in [6.45, 7) is 5.06. The molecule has 0 bridgehead atoms. The predicted molar refractivity (Wildman–Crippen MR) is 66.9 cm³/mol. The van der Waals surface area contributed by atoms with Crippen LogP contribution in [-0.2, 0) is 9.53 Å². The molecule has 1 rings (SSSR count). The summed E-state index contributed by atoms with van der Waals surface area (Å²) in [4.78, 5) is 10.9. The van der Waals surface area contributed by atoms with Crippen molar-refractivity contribution in [2.24, 2.45) is 0 Å². The minimum atomic E-state index is -4.96. The van der Waals surface area contributed by atoms with Gasteiger partial charge in [-0.3, -0.25) is 4.79 Å². The lowest BCUT2D eigenvalue weighted by molar-refractivity contribution is -0.179. The SMILES string of the molecule is C=C/C=C/C[C@H]1C[C@H](NC(=O)C(F)(F)F)[C@@H](O)[C@@H](C)O1. The molecule has 0 aromatic heterocycles. The number of hydrogen-bond acceptors (Lipinski definition) is 3. The Morgan fingerprint density at radius 1 is 1.55 bits per heavy atom. The number of aliphatic hydroxyl groups excluding tert-OH is 1. The van der Waals surface area contributed by atoms with E-state index in [1.54, 1.807) is 25.2 Å². The Morgan fingerprint density at radius 2 is 2.20 bits per heavy atom. The van der Waals surface area contributed by atoms with Gasteiger partial charge >= 0.3 is 12.1 Å². The number of alkyl halides is 3. The van der Waals surface area contributed by atoms with E-state index in [9.17, 15) is 23.1 Å². The van der Waals surface area contributed by atoms with Crippen LogP contribution in [0.2, 0.25) is 0 Å². The third-order valence-electron chi connectivity index (χ3n) is 3.06. The van der Waals surface area contributed by atoms with Gasteiger partial charge in [-0.05, 0) is 19.8 Å². The second-order valence-corrected chi connectivity index (χ2v) is 4.67. The summed E-state index contributed by atoms with van der Waals surface area (Å²) < 4.78 is 42.2. The molecule has 20 heavy (non-hydrogen) atoms. The molecule has 4 atom stereocenters. The van der Waals surface area contributed by atoms with E-state index in [2.05, 4.69) is 6.58 Å². The monoisotopic (exact) mass is 293 g/mol. The van der Waals surface area contributed by atoms with Crippen molar-refractivity contribution in [2.45, 2.75) is 50.3 Å². The van der Waals surface area contributed by atoms with E-state index in [-0.39, 0.29) is 12.5 Å². The molecule has 1 aliphatic heterocycles. The van der Waals surface area contributed by atoms with Gasteiger partial charge in [0.15, 0.2) is 0 Å². The Balaban J connectivity index is 2.66. The highest BCUT2D eigenvalue weighted by Gasteiger charge is 2.43. The minimum Gasteiger partial charge on any atom is -0.388 e. The number of carbonyl (C=O) groups excluding carboxylic acids is 1. The van der Waals surface area contributed by atoms with Gasteiger partial charge in [-0.15, -0.1) is 0 Å². The molecule has 2 N–H and O–H groups in total. The van der Waals surface area contributed by atoms with Crippen LogP contribution in [0.1, 0.15) is 19.8 Å². The normalized spacial score (nSPS) is 31.2. The lowest BCUT2D eigenvalue weighted by Crippen LogP contribution is -2.56. The fourth-order valence-corrected chi connectivity index (χ4v) is 2.06. The maximum absolute atomic E-state index is 12.2. The van der Waals surface area contributed by atoms with Gasteiger partial charge in [-0.2, -0.15) is 13.2 Å². The third-order valence-corrected chi connectivity index (χ3v) is 3.06. The lowest BCUT2D eigenvalue weighted by atomic mass is 9.94. The van der Waals surface area contributed by atoms with Crippen LogP contribution in [0, 0.1) is 0 Å². The maximum atomic E-state index is 12.2. The average Bonchev–Trinajstić information content (AvgIpc) is 2.34. The van der Waals surface area contributed by atoms with Crippen LogP contribution in [0.25, 0.3) is 0 Å². The van der Waals surface area contributed by atoms with E-state index in [4.69, 9.17) is 4.74 Å². The van der Waals surface area contributed by atoms with Gasteiger partial charge in [0.05, 0.1) is 18.2 Å². The Labute approximate surface area is 115 Å². The van der Waals surface area contributed by atoms with Gasteiger partial charge < -0.3 is 15.2 Å². The topological polar surface area (TPSA) is 58.6 Å². The van der Waals surface area contributed by atoms with Crippen LogP contribution in [0.4, 0.5) is 13.2 Å². The van der Waals surface area contributed by atoms with Crippen molar-refractivity contribution in [3.63, 3.8) is 0 Å². The first kappa shape index (κ1) is 16.7. The van der Waals surface area contributed by atoms with Gasteiger partial charge in [-0.25, -0.2) is 0 Å². The van der Waals surface area contributed by atoms with Crippen molar-refractivity contribution in [3.8, 4) is 0 Å². The molecule has 0 aromatic rings. The van der Waals surface area contributed by atoms with Crippen molar-refractivity contribution in [3.05, 3.63) is 24.8 Å². The quantitative estimate of drug-likeness (QED) is 0.776. The number of aliphatic hydroxyl groups is 1. The Kier molecular flexibility index (Phi) is 5.76. The largest absolute Gasteiger partial charge is 0.471 e. The Hall–Kier alpha value is -1.34. The standard InChI is InChI=1S/C13H18F3NO3/c1-3-4-5-6-9-7-10(11(18)8(2)20-9)17-12(19)13(14,15)16/h3-5,8-11,18H,1,6-7H2,2H3,(H,17,19)/b5-4+/t8-,9+,10+,11+/m1/s1. The van der Waals surface area contributed by atoms with Crippen LogP contribution in [-0.4, -0.2) is 41.5 Å². The zero-order valence-electron chi connectivity index (χ0n) is 11.1. The molecular formula is C13H18F3NO3. The number of halogens is 3. The van der Waals surface area contributed by atoms with Gasteiger partial charge in [0.2, 0.25) is 0 Å². The predicted octanol–water partition coefficient (Wildman–Crippen LogP) is 1.70. The Bertz CT molecular complexity index is 382. The van der Waals surface area contributed by atoms with E-state index in [0.29, 0.717) is 6.42 Å². The zero-order valence-corrected chi connectivity index (χ0v) is 11.1. The van der Waals surface area contributed by atoms with Crippen LogP contribution in [0.15, 0.2) is 24.8 Å². The summed E-state index contributed by atoms with van der Waals surface area (Å²) in [7, 11) is 0. The highest BCUT2D eigenvalue weighted by molar-refractivity contribution is 5.82. The molecule has 1 amide bonds. The first-order chi connectivity index (χ1) is 9.25. The fourth-order valence-electron chi connectivity index (χ4n) is 2.06. The van der Waals surface area contributed by atoms with E-state index in [1.165, 1.54) is 0 Å². The molecule has 0 radical (unpaired) electrons. The summed E-state index contributed by atoms with van der Waals surface area (Å²) in [6.07, 6.45) is -1.50. The van der Waals surface area contributed by atoms with Crippen molar-refractivity contribution in [2.75, 3.05) is 0 Å². The molecule has 0 spiro atoms. The van der Waals surface area contributed by atoms with Crippen molar-refractivity contribution >= 4 is 5.91 Å². The summed E-state index contributed by atoms with van der Waals surface area (Å²) in [6, 6.07) is -0.977. The summed E-state index contributed by atoms with van der Waals surface area (Å²) >= 11 is 0. The highest BCUT2D eigenvalue weighted by atomic mass is 19.4.